The van der Waals surface area contributed by atoms with Gasteiger partial charge in [-0.25, -0.2) is 9.59 Å². The van der Waals surface area contributed by atoms with Crippen LogP contribution < -0.4 is 22.5 Å². The number of hydrogen-bond donors (Lipinski definition) is 2. The van der Waals surface area contributed by atoms with E-state index in [1.165, 1.54) is 27.6 Å². The highest BCUT2D eigenvalue weighted by Gasteiger charge is 2.06. The maximum atomic E-state index is 11.6. The Morgan fingerprint density at radius 3 is 2.15 bits per heavy atom. The van der Waals surface area contributed by atoms with Crippen molar-refractivity contribution in [1.82, 2.24) is 19.1 Å². The summed E-state index contributed by atoms with van der Waals surface area (Å²) in [5.74, 6) is 7.88. The third-order valence-electron chi connectivity index (χ3n) is 4.91. The van der Waals surface area contributed by atoms with Crippen LogP contribution >= 0.6 is 0 Å². The van der Waals surface area contributed by atoms with Gasteiger partial charge in [-0.15, -0.1) is 12.3 Å². The van der Waals surface area contributed by atoms with Gasteiger partial charge in [-0.1, -0.05) is 24.4 Å². The molecule has 0 fully saturated rings. The molecule has 0 atom stereocenters. The fourth-order valence-corrected chi connectivity index (χ4v) is 2.90. The lowest BCUT2D eigenvalue weighted by molar-refractivity contribution is -0.113. The predicted octanol–water partition coefficient (Wildman–Crippen LogP) is 3.31. The Balaban J connectivity index is 0.000000722. The molecule has 12 heteroatoms. The highest BCUT2D eigenvalue weighted by Crippen LogP contribution is 2.01. The van der Waals surface area contributed by atoms with Gasteiger partial charge in [-0.2, -0.15) is 0 Å². The lowest BCUT2D eigenvalue weighted by Crippen LogP contribution is -2.31. The van der Waals surface area contributed by atoms with Crippen molar-refractivity contribution in [1.29, 1.82) is 0 Å². The number of H-pyrrole nitrogens is 2. The summed E-state index contributed by atoms with van der Waals surface area (Å²) in [5, 5.41) is 3.10. The number of terminal acetylenes is 1. The van der Waals surface area contributed by atoms with Gasteiger partial charge < -0.3 is 0 Å². The lowest BCUT2D eigenvalue weighted by atomic mass is 10.2. The number of hydrogen-bond acceptors (Lipinski definition) is 6. The minimum atomic E-state index is -0.574. The maximum Gasteiger partial charge on any atom is 0.328 e. The number of aromatic nitrogens is 4. The zero-order chi connectivity index (χ0) is 28.7. The van der Waals surface area contributed by atoms with E-state index in [0.717, 1.165) is 25.3 Å². The third-order valence-corrected chi connectivity index (χ3v) is 4.91. The number of carbonyl (C=O) groups is 1. The van der Waals surface area contributed by atoms with Gasteiger partial charge in [0.2, 0.25) is 0 Å². The van der Waals surface area contributed by atoms with Crippen molar-refractivity contribution in [3.8, 4) is 24.2 Å². The number of aromatic amines is 2. The molecule has 2 rings (SSSR count). The van der Waals surface area contributed by atoms with Crippen molar-refractivity contribution >= 4 is 11.9 Å². The summed E-state index contributed by atoms with van der Waals surface area (Å²) < 4.78 is 2.81. The molecule has 0 unspecified atom stereocenters. The molecule has 0 saturated heterocycles. The minimum Gasteiger partial charge on any atom is -0.297 e. The highest BCUT2D eigenvalue weighted by atomic mass is 16.2. The van der Waals surface area contributed by atoms with Crippen LogP contribution in [0.5, 0.6) is 0 Å². The molecule has 0 amide bonds. The summed E-state index contributed by atoms with van der Waals surface area (Å²) in [6.07, 6.45) is 13.8. The zero-order valence-electron chi connectivity index (χ0n) is 21.9. The molecule has 2 N–H and O–H groups in total. The van der Waals surface area contributed by atoms with Crippen LogP contribution in [0.2, 0.25) is 0 Å². The van der Waals surface area contributed by atoms with E-state index in [0.29, 0.717) is 12.0 Å². The van der Waals surface area contributed by atoms with Crippen LogP contribution in [-0.2, 0) is 4.79 Å². The van der Waals surface area contributed by atoms with Crippen LogP contribution in [0.1, 0.15) is 84.0 Å². The van der Waals surface area contributed by atoms with Crippen molar-refractivity contribution in [2.24, 2.45) is 5.11 Å². The van der Waals surface area contributed by atoms with E-state index in [2.05, 4.69) is 37.8 Å². The van der Waals surface area contributed by atoms with Gasteiger partial charge in [0.1, 0.15) is 5.56 Å². The Bertz CT molecular complexity index is 1530. The van der Waals surface area contributed by atoms with Gasteiger partial charge in [0.15, 0.2) is 5.78 Å². The van der Waals surface area contributed by atoms with Crippen LogP contribution in [0.3, 0.4) is 0 Å². The molecule has 0 aromatic carbocycles. The molecule has 2 heterocycles. The van der Waals surface area contributed by atoms with Crippen molar-refractivity contribution in [3.63, 3.8) is 0 Å². The Hall–Kier alpha value is -4.80. The first-order valence-electron chi connectivity index (χ1n) is 11.9. The Labute approximate surface area is 226 Å². The van der Waals surface area contributed by atoms with Gasteiger partial charge in [-0.3, -0.25) is 33.5 Å². The normalized spacial score (nSPS) is 9.97. The molecule has 2 aromatic heterocycles. The van der Waals surface area contributed by atoms with Crippen LogP contribution in [-0.4, -0.2) is 31.4 Å². The molecule has 0 aliphatic heterocycles. The molecule has 39 heavy (non-hydrogen) atoms. The Morgan fingerprint density at radius 1 is 1.03 bits per heavy atom. The Morgan fingerprint density at radius 2 is 1.59 bits per heavy atom. The Kier molecular flexibility index (Phi) is 15.5. The monoisotopic (exact) mass is 537 g/mol. The summed E-state index contributed by atoms with van der Waals surface area (Å²) in [4.78, 5) is 64.2. The number of azide groups is 1. The average molecular weight is 538 g/mol. The third kappa shape index (κ3) is 11.9. The van der Waals surface area contributed by atoms with Crippen LogP contribution in [0.4, 0.5) is 0 Å². The second-order valence-corrected chi connectivity index (χ2v) is 8.55. The topological polar surface area (TPSA) is 176 Å². The summed E-state index contributed by atoms with van der Waals surface area (Å²) in [5.41, 5.74) is 6.66. The largest absolute Gasteiger partial charge is 0.328 e. The van der Waals surface area contributed by atoms with Gasteiger partial charge in [-0.05, 0) is 58.2 Å². The molecule has 0 spiro atoms. The quantitative estimate of drug-likeness (QED) is 0.124. The molecule has 2 aromatic rings. The first-order chi connectivity index (χ1) is 18.0. The van der Waals surface area contributed by atoms with Gasteiger partial charge in [0, 0.05) is 42.2 Å². The van der Waals surface area contributed by atoms with E-state index in [1.807, 2.05) is 13.8 Å². The van der Waals surface area contributed by atoms with Crippen molar-refractivity contribution in [2.75, 3.05) is 6.54 Å². The number of carbonyl (C=O) groups excluding carboxylic acids is 1. The summed E-state index contributed by atoms with van der Waals surface area (Å²) in [6.45, 7) is 7.02. The molecule has 208 valence electrons. The standard InChI is InChI=1S/C15H18N2O2.C11H13N5O3.CH4/c1-4-5-6-7-8-9-10-13-11-17(12(2)3)15(19)16-14(13)18;1-7(2)16-6-8(10(18)14-11(16)19)3-4-9(17)5-13-15-12;/h1,11-12H,5-8H2,2-3H3,(H,16,18,19);3-4,6-7H,5H2,1-2H3,(H,14,18,19);1H4/b;4-3+;. The van der Waals surface area contributed by atoms with Gasteiger partial charge in [0.05, 0.1) is 12.1 Å². The van der Waals surface area contributed by atoms with Crippen molar-refractivity contribution in [2.45, 2.75) is 72.9 Å². The number of unbranched alkanes of at least 4 members (excludes halogenated alkanes) is 3. The van der Waals surface area contributed by atoms with Crippen molar-refractivity contribution < 1.29 is 4.79 Å². The van der Waals surface area contributed by atoms with E-state index >= 15 is 0 Å². The van der Waals surface area contributed by atoms with Crippen LogP contribution in [0, 0.1) is 24.2 Å². The molecule has 0 aliphatic carbocycles. The lowest BCUT2D eigenvalue weighted by Gasteiger charge is -2.08. The summed E-state index contributed by atoms with van der Waals surface area (Å²) in [6, 6.07) is -0.129. The van der Waals surface area contributed by atoms with E-state index in [9.17, 15) is 24.0 Å². The maximum absolute atomic E-state index is 11.6. The minimum absolute atomic E-state index is 0. The zero-order valence-corrected chi connectivity index (χ0v) is 21.9. The molecule has 0 saturated carbocycles. The van der Waals surface area contributed by atoms with Gasteiger partial charge >= 0.3 is 11.4 Å². The first-order valence-corrected chi connectivity index (χ1v) is 11.9. The average Bonchev–Trinajstić information content (AvgIpc) is 2.85. The van der Waals surface area contributed by atoms with E-state index in [4.69, 9.17) is 12.0 Å². The number of nitrogens with one attached hydrogen (secondary N) is 2. The number of rotatable bonds is 9. The predicted molar refractivity (Wildman–Crippen MR) is 152 cm³/mol. The second-order valence-electron chi connectivity index (χ2n) is 8.55. The highest BCUT2D eigenvalue weighted by molar-refractivity contribution is 5.95. The molecule has 0 radical (unpaired) electrons. The molecule has 0 aliphatic rings. The fourth-order valence-electron chi connectivity index (χ4n) is 2.90. The van der Waals surface area contributed by atoms with Crippen molar-refractivity contribution in [3.05, 3.63) is 81.7 Å². The molecule has 0 bridgehead atoms. The van der Waals surface area contributed by atoms with Crippen LogP contribution in [0.25, 0.3) is 16.5 Å². The summed E-state index contributed by atoms with van der Waals surface area (Å²) >= 11 is 0. The van der Waals surface area contributed by atoms with E-state index in [-0.39, 0.29) is 31.6 Å². The molecular formula is C27H35N7O5. The SMILES string of the molecule is C.C#CCCCCC#Cc1cn(C(C)C)c(=O)[nH]c1=O.CC(C)n1cc(/C=C/C(=O)CN=[N+]=[N-])c(=O)[nH]c1=O. The van der Waals surface area contributed by atoms with E-state index < -0.39 is 28.3 Å². The smallest absolute Gasteiger partial charge is 0.297 e. The number of nitrogens with zero attached hydrogens (tertiary/aromatic N) is 5. The summed E-state index contributed by atoms with van der Waals surface area (Å²) in [7, 11) is 0. The second kappa shape index (κ2) is 17.6. The number of ketones is 1. The van der Waals surface area contributed by atoms with Gasteiger partial charge in [0.25, 0.3) is 11.1 Å². The van der Waals surface area contributed by atoms with E-state index in [1.54, 1.807) is 13.8 Å². The van der Waals surface area contributed by atoms with Crippen LogP contribution in [0.15, 0.2) is 42.8 Å². The molecular weight excluding hydrogens is 502 g/mol. The first kappa shape index (κ1) is 34.2. The molecule has 12 nitrogen and oxygen atoms in total. The fraction of sp³-hybridized carbons (Fsp3) is 0.444.